The third kappa shape index (κ3) is 4.64. The van der Waals surface area contributed by atoms with Crippen LogP contribution in [0.1, 0.15) is 11.1 Å². The lowest BCUT2D eigenvalue weighted by molar-refractivity contribution is 0.262. The van der Waals surface area contributed by atoms with Crippen LogP contribution < -0.4 is 10.6 Å². The largest absolute Gasteiger partial charge is 0.323 e. The summed E-state index contributed by atoms with van der Waals surface area (Å²) in [6, 6.07) is 18.9. The number of hydrogen-bond donors (Lipinski definition) is 2. The van der Waals surface area contributed by atoms with Gasteiger partial charge in [0.15, 0.2) is 0 Å². The zero-order valence-corrected chi connectivity index (χ0v) is 15.2. The summed E-state index contributed by atoms with van der Waals surface area (Å²) in [5.74, 6) is 0. The number of aromatic nitrogens is 4. The molecular formula is C21H20N6O. The lowest BCUT2D eigenvalue weighted by Gasteiger charge is -2.10. The van der Waals surface area contributed by atoms with Crippen LogP contribution in [0, 0.1) is 0 Å². The minimum atomic E-state index is -0.285. The first kappa shape index (κ1) is 17.5. The van der Waals surface area contributed by atoms with Crippen LogP contribution in [-0.4, -0.2) is 25.6 Å². The number of nitrogens with one attached hydrogen (secondary N) is 2. The van der Waals surface area contributed by atoms with Crippen molar-refractivity contribution < 1.29 is 4.79 Å². The summed E-state index contributed by atoms with van der Waals surface area (Å²) < 4.78 is 3.68. The molecule has 0 bridgehead atoms. The molecule has 2 aromatic carbocycles. The highest BCUT2D eigenvalue weighted by atomic mass is 16.2. The zero-order valence-electron chi connectivity index (χ0n) is 15.2. The Morgan fingerprint density at radius 3 is 1.68 bits per heavy atom. The van der Waals surface area contributed by atoms with Crippen molar-refractivity contribution in [1.29, 1.82) is 0 Å². The lowest BCUT2D eigenvalue weighted by Crippen LogP contribution is -2.19. The van der Waals surface area contributed by atoms with Crippen molar-refractivity contribution in [3.05, 3.63) is 96.6 Å². The average molecular weight is 372 g/mol. The second-order valence-corrected chi connectivity index (χ2v) is 6.39. The Hall–Kier alpha value is -3.87. The highest BCUT2D eigenvalue weighted by Gasteiger charge is 2.05. The van der Waals surface area contributed by atoms with Gasteiger partial charge >= 0.3 is 6.03 Å². The molecule has 28 heavy (non-hydrogen) atoms. The van der Waals surface area contributed by atoms with E-state index < -0.39 is 0 Å². The minimum Gasteiger partial charge on any atom is -0.308 e. The van der Waals surface area contributed by atoms with E-state index in [1.54, 1.807) is 12.4 Å². The summed E-state index contributed by atoms with van der Waals surface area (Å²) in [5, 5.41) is 14.2. The average Bonchev–Trinajstić information content (AvgIpc) is 3.36. The molecule has 0 fully saturated rings. The molecule has 0 spiro atoms. The third-order valence-electron chi connectivity index (χ3n) is 4.18. The predicted molar refractivity (Wildman–Crippen MR) is 108 cm³/mol. The number of carbonyl (C=O) groups is 1. The lowest BCUT2D eigenvalue weighted by atomic mass is 10.2. The van der Waals surface area contributed by atoms with Gasteiger partial charge in [-0.1, -0.05) is 24.3 Å². The number of nitrogens with zero attached hydrogens (tertiary/aromatic N) is 4. The fourth-order valence-corrected chi connectivity index (χ4v) is 2.95. The van der Waals surface area contributed by atoms with Crippen molar-refractivity contribution >= 4 is 17.4 Å². The Balaban J connectivity index is 1.38. The van der Waals surface area contributed by atoms with Gasteiger partial charge in [-0.15, -0.1) is 0 Å². The van der Waals surface area contributed by atoms with Gasteiger partial charge in [0, 0.05) is 36.2 Å². The van der Waals surface area contributed by atoms with E-state index in [0.29, 0.717) is 13.1 Å². The molecule has 0 saturated heterocycles. The van der Waals surface area contributed by atoms with Gasteiger partial charge in [-0.25, -0.2) is 4.79 Å². The monoisotopic (exact) mass is 372 g/mol. The maximum atomic E-state index is 12.4. The van der Waals surface area contributed by atoms with Gasteiger partial charge < -0.3 is 10.6 Å². The van der Waals surface area contributed by atoms with Crippen LogP contribution in [0.5, 0.6) is 0 Å². The maximum absolute atomic E-state index is 12.4. The maximum Gasteiger partial charge on any atom is 0.323 e. The Bertz CT molecular complexity index is 957. The first-order valence-corrected chi connectivity index (χ1v) is 8.95. The van der Waals surface area contributed by atoms with Crippen LogP contribution >= 0.6 is 0 Å². The van der Waals surface area contributed by atoms with Crippen LogP contribution in [-0.2, 0) is 13.1 Å². The molecule has 0 aliphatic rings. The zero-order chi connectivity index (χ0) is 19.2. The minimum absolute atomic E-state index is 0.285. The van der Waals surface area contributed by atoms with Crippen molar-refractivity contribution in [2.75, 3.05) is 10.6 Å². The van der Waals surface area contributed by atoms with Gasteiger partial charge in [-0.2, -0.15) is 10.2 Å². The summed E-state index contributed by atoms with van der Waals surface area (Å²) >= 11 is 0. The summed E-state index contributed by atoms with van der Waals surface area (Å²) in [6.07, 6.45) is 7.30. The quantitative estimate of drug-likeness (QED) is 0.540. The number of hydrogen-bond acceptors (Lipinski definition) is 3. The van der Waals surface area contributed by atoms with Gasteiger partial charge in [-0.05, 0) is 47.5 Å². The molecule has 140 valence electrons. The van der Waals surface area contributed by atoms with Crippen LogP contribution in [0.2, 0.25) is 0 Å². The van der Waals surface area contributed by atoms with E-state index in [1.807, 2.05) is 82.4 Å². The molecule has 4 aromatic rings. The van der Waals surface area contributed by atoms with Crippen molar-refractivity contribution in [1.82, 2.24) is 19.6 Å². The number of rotatable bonds is 6. The highest BCUT2D eigenvalue weighted by molar-refractivity contribution is 5.99. The first-order chi connectivity index (χ1) is 13.7. The fourth-order valence-electron chi connectivity index (χ4n) is 2.95. The molecule has 0 aliphatic heterocycles. The molecule has 0 radical (unpaired) electrons. The Labute approximate surface area is 162 Å². The molecule has 4 rings (SSSR count). The van der Waals surface area contributed by atoms with Crippen LogP contribution in [0.4, 0.5) is 16.2 Å². The molecule has 2 N–H and O–H groups in total. The first-order valence-electron chi connectivity index (χ1n) is 8.95. The van der Waals surface area contributed by atoms with Crippen molar-refractivity contribution in [3.8, 4) is 0 Å². The topological polar surface area (TPSA) is 76.8 Å². The number of benzene rings is 2. The number of urea groups is 1. The van der Waals surface area contributed by atoms with Crippen LogP contribution in [0.25, 0.3) is 0 Å². The Morgan fingerprint density at radius 1 is 0.750 bits per heavy atom. The summed E-state index contributed by atoms with van der Waals surface area (Å²) in [5.41, 5.74) is 3.58. The van der Waals surface area contributed by atoms with E-state index in [2.05, 4.69) is 20.8 Å². The van der Waals surface area contributed by atoms with Gasteiger partial charge in [0.05, 0.1) is 13.1 Å². The summed E-state index contributed by atoms with van der Waals surface area (Å²) in [7, 11) is 0. The van der Waals surface area contributed by atoms with Crippen LogP contribution in [0.3, 0.4) is 0 Å². The van der Waals surface area contributed by atoms with Crippen molar-refractivity contribution in [2.24, 2.45) is 0 Å². The van der Waals surface area contributed by atoms with Gasteiger partial charge in [0.2, 0.25) is 0 Å². The second-order valence-electron chi connectivity index (χ2n) is 6.39. The molecule has 0 atom stereocenters. The van der Waals surface area contributed by atoms with Crippen molar-refractivity contribution in [3.63, 3.8) is 0 Å². The van der Waals surface area contributed by atoms with E-state index in [9.17, 15) is 4.79 Å². The number of amides is 2. The Morgan fingerprint density at radius 2 is 1.25 bits per heavy atom. The van der Waals surface area contributed by atoms with Gasteiger partial charge in [-0.3, -0.25) is 9.36 Å². The molecule has 2 amide bonds. The molecule has 2 aromatic heterocycles. The molecule has 0 unspecified atom stereocenters. The highest BCUT2D eigenvalue weighted by Crippen LogP contribution is 2.15. The molecule has 2 heterocycles. The van der Waals surface area contributed by atoms with Gasteiger partial charge in [0.25, 0.3) is 0 Å². The van der Waals surface area contributed by atoms with E-state index in [1.165, 1.54) is 0 Å². The van der Waals surface area contributed by atoms with Crippen LogP contribution in [0.15, 0.2) is 85.5 Å². The van der Waals surface area contributed by atoms with Crippen molar-refractivity contribution in [2.45, 2.75) is 13.1 Å². The number of carbonyl (C=O) groups excluding carboxylic acids is 1. The summed E-state index contributed by atoms with van der Waals surface area (Å²) in [4.78, 5) is 12.4. The van der Waals surface area contributed by atoms with E-state index in [-0.39, 0.29) is 6.03 Å². The molecule has 0 aliphatic carbocycles. The molecule has 0 saturated carbocycles. The Kier molecular flexibility index (Phi) is 5.15. The summed E-state index contributed by atoms with van der Waals surface area (Å²) in [6.45, 7) is 1.30. The molecule has 7 heteroatoms. The smallest absolute Gasteiger partial charge is 0.308 e. The van der Waals surface area contributed by atoms with Gasteiger partial charge in [0.1, 0.15) is 0 Å². The number of anilines is 2. The predicted octanol–water partition coefficient (Wildman–Crippen LogP) is 3.82. The molecule has 7 nitrogen and oxygen atoms in total. The SMILES string of the molecule is O=C(Nc1cccc(Cn2cccn2)c1)Nc1cccc(Cn2cccn2)c1. The molecular weight excluding hydrogens is 352 g/mol. The third-order valence-corrected chi connectivity index (χ3v) is 4.18. The van der Waals surface area contributed by atoms with E-state index in [0.717, 1.165) is 22.5 Å². The fraction of sp³-hybridized carbons (Fsp3) is 0.0952. The van der Waals surface area contributed by atoms with E-state index in [4.69, 9.17) is 0 Å². The van der Waals surface area contributed by atoms with E-state index >= 15 is 0 Å². The second kappa shape index (κ2) is 8.22. The standard InChI is InChI=1S/C21H20N6O/c28-21(24-19-7-1-5-17(13-19)15-26-11-3-9-22-26)25-20-8-2-6-18(14-20)16-27-12-4-10-23-27/h1-14H,15-16H2,(H2,24,25,28). The normalized spacial score (nSPS) is 10.6.